The number of thiocarbonyl (C=S) groups is 1. The van der Waals surface area contributed by atoms with Crippen LogP contribution in [0.2, 0.25) is 0 Å². The van der Waals surface area contributed by atoms with E-state index in [1.165, 1.54) is 11.8 Å². The Labute approximate surface area is 219 Å². The highest BCUT2D eigenvalue weighted by Gasteiger charge is 2.32. The van der Waals surface area contributed by atoms with E-state index in [0.29, 0.717) is 33.0 Å². The first-order chi connectivity index (χ1) is 17.6. The van der Waals surface area contributed by atoms with E-state index < -0.39 is 0 Å². The van der Waals surface area contributed by atoms with E-state index in [1.807, 2.05) is 95.8 Å². The summed E-state index contributed by atoms with van der Waals surface area (Å²) in [5, 5.41) is 4.86. The van der Waals surface area contributed by atoms with Crippen molar-refractivity contribution in [3.8, 4) is 28.4 Å². The molecular formula is C28H23N3O3S2. The second-order valence-electron chi connectivity index (χ2n) is 8.04. The Bertz CT molecular complexity index is 1450. The molecule has 0 atom stereocenters. The maximum absolute atomic E-state index is 13.3. The number of amides is 1. The lowest BCUT2D eigenvalue weighted by Gasteiger charge is -2.14. The van der Waals surface area contributed by atoms with Crippen LogP contribution in [0.25, 0.3) is 23.0 Å². The first-order valence-corrected chi connectivity index (χ1v) is 12.5. The number of methoxy groups -OCH3 is 2. The molecule has 0 saturated carbocycles. The number of hydrogen-bond acceptors (Lipinski definition) is 6. The number of para-hydroxylation sites is 1. The summed E-state index contributed by atoms with van der Waals surface area (Å²) in [6.45, 7) is 0.439. The predicted octanol–water partition coefficient (Wildman–Crippen LogP) is 5.96. The van der Waals surface area contributed by atoms with Gasteiger partial charge in [0.2, 0.25) is 0 Å². The van der Waals surface area contributed by atoms with Gasteiger partial charge in [0, 0.05) is 17.3 Å². The molecule has 0 aliphatic carbocycles. The number of nitrogens with zero attached hydrogens (tertiary/aromatic N) is 3. The number of benzene rings is 3. The van der Waals surface area contributed by atoms with Crippen molar-refractivity contribution in [2.75, 3.05) is 14.2 Å². The van der Waals surface area contributed by atoms with Gasteiger partial charge in [-0.25, -0.2) is 4.68 Å². The van der Waals surface area contributed by atoms with Gasteiger partial charge in [0.1, 0.15) is 10.0 Å². The van der Waals surface area contributed by atoms with Crippen molar-refractivity contribution in [3.05, 3.63) is 101 Å². The lowest BCUT2D eigenvalue weighted by atomic mass is 10.1. The number of carbonyl (C=O) groups is 1. The molecule has 0 bridgehead atoms. The molecule has 1 fully saturated rings. The Morgan fingerprint density at radius 3 is 2.33 bits per heavy atom. The second kappa shape index (κ2) is 10.4. The van der Waals surface area contributed by atoms with Crippen molar-refractivity contribution in [2.45, 2.75) is 6.54 Å². The number of ether oxygens (including phenoxy) is 2. The summed E-state index contributed by atoms with van der Waals surface area (Å²) in [5.74, 6) is 1.12. The molecular weight excluding hydrogens is 490 g/mol. The maximum atomic E-state index is 13.3. The highest BCUT2D eigenvalue weighted by molar-refractivity contribution is 8.26. The van der Waals surface area contributed by atoms with Crippen molar-refractivity contribution in [2.24, 2.45) is 0 Å². The van der Waals surface area contributed by atoms with Crippen LogP contribution in [0.15, 0.2) is 90.0 Å². The van der Waals surface area contributed by atoms with Gasteiger partial charge in [-0.05, 0) is 42.0 Å². The second-order valence-corrected chi connectivity index (χ2v) is 9.71. The van der Waals surface area contributed by atoms with Crippen molar-refractivity contribution < 1.29 is 14.3 Å². The van der Waals surface area contributed by atoms with E-state index in [-0.39, 0.29) is 5.91 Å². The highest BCUT2D eigenvalue weighted by atomic mass is 32.2. The van der Waals surface area contributed by atoms with Gasteiger partial charge in [-0.1, -0.05) is 72.5 Å². The predicted molar refractivity (Wildman–Crippen MR) is 147 cm³/mol. The molecule has 5 rings (SSSR count). The van der Waals surface area contributed by atoms with Crippen LogP contribution >= 0.6 is 24.0 Å². The lowest BCUT2D eigenvalue weighted by Crippen LogP contribution is -2.27. The minimum absolute atomic E-state index is 0.112. The van der Waals surface area contributed by atoms with Crippen LogP contribution in [0.5, 0.6) is 11.5 Å². The van der Waals surface area contributed by atoms with E-state index in [2.05, 4.69) is 0 Å². The van der Waals surface area contributed by atoms with Gasteiger partial charge in [0.15, 0.2) is 11.5 Å². The molecule has 3 aromatic carbocycles. The van der Waals surface area contributed by atoms with E-state index >= 15 is 0 Å². The Kier molecular flexibility index (Phi) is 6.88. The third kappa shape index (κ3) is 4.78. The average Bonchev–Trinajstić information content (AvgIpc) is 3.46. The molecule has 36 heavy (non-hydrogen) atoms. The molecule has 4 aromatic rings. The maximum Gasteiger partial charge on any atom is 0.266 e. The molecule has 1 amide bonds. The van der Waals surface area contributed by atoms with Crippen molar-refractivity contribution in [3.63, 3.8) is 0 Å². The zero-order valence-electron chi connectivity index (χ0n) is 19.8. The summed E-state index contributed by atoms with van der Waals surface area (Å²) in [4.78, 5) is 15.5. The standard InChI is InChI=1S/C28H23N3O3S2/c1-33-23-14-13-20(15-24(23)34-2)26-21(18-31(29-26)22-11-7-4-8-12-22)16-25-27(32)30(28(35)36-25)17-19-9-5-3-6-10-19/h3-16,18H,17H2,1-2H3. The molecule has 1 aliphatic heterocycles. The summed E-state index contributed by atoms with van der Waals surface area (Å²) in [7, 11) is 3.20. The van der Waals surface area contributed by atoms with E-state index in [9.17, 15) is 4.79 Å². The highest BCUT2D eigenvalue weighted by Crippen LogP contribution is 2.37. The van der Waals surface area contributed by atoms with Gasteiger partial charge in [-0.2, -0.15) is 5.10 Å². The van der Waals surface area contributed by atoms with E-state index in [4.69, 9.17) is 26.8 Å². The average molecular weight is 514 g/mol. The fraction of sp³-hybridized carbons (Fsp3) is 0.107. The molecule has 8 heteroatoms. The normalized spacial score (nSPS) is 14.5. The number of hydrogen-bond donors (Lipinski definition) is 0. The molecule has 2 heterocycles. The molecule has 1 aromatic heterocycles. The van der Waals surface area contributed by atoms with Crippen molar-refractivity contribution >= 4 is 40.3 Å². The molecule has 0 N–H and O–H groups in total. The molecule has 6 nitrogen and oxygen atoms in total. The molecule has 1 saturated heterocycles. The van der Waals surface area contributed by atoms with Gasteiger partial charge in [-0.15, -0.1) is 0 Å². The number of thioether (sulfide) groups is 1. The van der Waals surface area contributed by atoms with Crippen LogP contribution in [0.1, 0.15) is 11.1 Å². The number of rotatable bonds is 7. The summed E-state index contributed by atoms with van der Waals surface area (Å²) >= 11 is 6.86. The molecule has 0 spiro atoms. The van der Waals surface area contributed by atoms with Crippen LogP contribution in [-0.4, -0.2) is 39.1 Å². The first-order valence-electron chi connectivity index (χ1n) is 11.2. The molecule has 0 unspecified atom stereocenters. The third-order valence-corrected chi connectivity index (χ3v) is 7.14. The van der Waals surface area contributed by atoms with Crippen molar-refractivity contribution in [1.82, 2.24) is 14.7 Å². The lowest BCUT2D eigenvalue weighted by molar-refractivity contribution is -0.122. The minimum atomic E-state index is -0.112. The van der Waals surface area contributed by atoms with E-state index in [1.54, 1.807) is 19.1 Å². The Morgan fingerprint density at radius 1 is 0.944 bits per heavy atom. The fourth-order valence-electron chi connectivity index (χ4n) is 3.96. The summed E-state index contributed by atoms with van der Waals surface area (Å²) < 4.78 is 13.3. The summed E-state index contributed by atoms with van der Waals surface area (Å²) in [5.41, 5.74) is 4.29. The Balaban J connectivity index is 1.55. The summed E-state index contributed by atoms with van der Waals surface area (Å²) in [6.07, 6.45) is 3.79. The fourth-order valence-corrected chi connectivity index (χ4v) is 5.20. The monoisotopic (exact) mass is 513 g/mol. The Hall–Kier alpha value is -3.88. The van der Waals surface area contributed by atoms with Gasteiger partial charge in [0.05, 0.1) is 31.4 Å². The van der Waals surface area contributed by atoms with Crippen LogP contribution in [0.4, 0.5) is 0 Å². The molecule has 180 valence electrons. The molecule has 0 radical (unpaired) electrons. The van der Waals surface area contributed by atoms with Crippen molar-refractivity contribution in [1.29, 1.82) is 0 Å². The smallest absolute Gasteiger partial charge is 0.266 e. The van der Waals surface area contributed by atoms with Gasteiger partial charge in [-0.3, -0.25) is 9.69 Å². The van der Waals surface area contributed by atoms with Crippen LogP contribution in [0, 0.1) is 0 Å². The first kappa shape index (κ1) is 23.8. The van der Waals surface area contributed by atoms with Crippen LogP contribution in [0.3, 0.4) is 0 Å². The zero-order valence-corrected chi connectivity index (χ0v) is 21.4. The quantitative estimate of drug-likeness (QED) is 0.225. The van der Waals surface area contributed by atoms with Crippen LogP contribution in [-0.2, 0) is 11.3 Å². The summed E-state index contributed by atoms with van der Waals surface area (Å²) in [6, 6.07) is 25.3. The zero-order chi connectivity index (χ0) is 25.1. The SMILES string of the molecule is COc1ccc(-c2nn(-c3ccccc3)cc2C=C2SC(=S)N(Cc3ccccc3)C2=O)cc1OC. The van der Waals surface area contributed by atoms with Crippen LogP contribution < -0.4 is 9.47 Å². The van der Waals surface area contributed by atoms with Gasteiger partial charge >= 0.3 is 0 Å². The third-order valence-electron chi connectivity index (χ3n) is 5.76. The topological polar surface area (TPSA) is 56.6 Å². The van der Waals surface area contributed by atoms with E-state index in [0.717, 1.165) is 22.4 Å². The number of carbonyl (C=O) groups excluding carboxylic acids is 1. The Morgan fingerprint density at radius 2 is 1.64 bits per heavy atom. The van der Waals surface area contributed by atoms with Gasteiger partial charge < -0.3 is 9.47 Å². The van der Waals surface area contributed by atoms with Gasteiger partial charge in [0.25, 0.3) is 5.91 Å². The molecule has 1 aliphatic rings. The minimum Gasteiger partial charge on any atom is -0.493 e. The number of aromatic nitrogens is 2. The largest absolute Gasteiger partial charge is 0.493 e.